The molecule has 6 heteroatoms. The molecule has 4 nitrogen and oxygen atoms in total. The van der Waals surface area contributed by atoms with Gasteiger partial charge in [0.1, 0.15) is 5.82 Å². The molecule has 1 amide bonds. The van der Waals surface area contributed by atoms with Crippen molar-refractivity contribution in [2.45, 2.75) is 26.0 Å². The molecule has 0 radical (unpaired) electrons. The Kier molecular flexibility index (Phi) is 7.11. The highest BCUT2D eigenvalue weighted by atomic mass is 79.9. The van der Waals surface area contributed by atoms with Crippen LogP contribution in [0.5, 0.6) is 0 Å². The average Bonchev–Trinajstić information content (AvgIpc) is 2.62. The van der Waals surface area contributed by atoms with Crippen LogP contribution in [-0.4, -0.2) is 12.5 Å². The Morgan fingerprint density at radius 3 is 2.64 bits per heavy atom. The quantitative estimate of drug-likeness (QED) is 0.750. The maximum atomic E-state index is 14.2. The smallest absolute Gasteiger partial charge is 0.254 e. The van der Waals surface area contributed by atoms with Gasteiger partial charge in [0.2, 0.25) is 0 Å². The average molecular weight is 405 g/mol. The summed E-state index contributed by atoms with van der Waals surface area (Å²) in [7, 11) is 0. The van der Waals surface area contributed by atoms with Gasteiger partial charge in [0.05, 0.1) is 11.6 Å². The molecule has 0 saturated carbocycles. The van der Waals surface area contributed by atoms with Gasteiger partial charge >= 0.3 is 0 Å². The maximum Gasteiger partial charge on any atom is 0.254 e. The minimum Gasteiger partial charge on any atom is -0.364 e. The zero-order valence-corrected chi connectivity index (χ0v) is 15.3. The monoisotopic (exact) mass is 404 g/mol. The minimum absolute atomic E-state index is 0.203. The Balaban J connectivity index is 2.10. The number of rotatable bonds is 7. The molecule has 0 saturated heterocycles. The molecule has 0 heterocycles. The molecule has 25 heavy (non-hydrogen) atoms. The van der Waals surface area contributed by atoms with Crippen molar-refractivity contribution in [1.29, 1.82) is 5.26 Å². The van der Waals surface area contributed by atoms with Crippen molar-refractivity contribution in [1.82, 2.24) is 5.32 Å². The van der Waals surface area contributed by atoms with Crippen LogP contribution in [0, 0.1) is 17.1 Å². The highest BCUT2D eigenvalue weighted by molar-refractivity contribution is 9.10. The summed E-state index contributed by atoms with van der Waals surface area (Å²) in [5.74, 6) is -0.900. The van der Waals surface area contributed by atoms with Crippen molar-refractivity contribution in [2.75, 3.05) is 6.61 Å². The van der Waals surface area contributed by atoms with Crippen LogP contribution in [0.1, 0.15) is 36.1 Å². The Bertz CT molecular complexity index is 772. The maximum absolute atomic E-state index is 14.2. The van der Waals surface area contributed by atoms with Crippen LogP contribution in [0.25, 0.3) is 0 Å². The van der Waals surface area contributed by atoms with E-state index in [2.05, 4.69) is 21.2 Å². The van der Waals surface area contributed by atoms with Crippen molar-refractivity contribution in [3.05, 3.63) is 69.4 Å². The van der Waals surface area contributed by atoms with Gasteiger partial charge < -0.3 is 10.1 Å². The van der Waals surface area contributed by atoms with Gasteiger partial charge in [-0.3, -0.25) is 4.79 Å². The van der Waals surface area contributed by atoms with Crippen molar-refractivity contribution < 1.29 is 13.9 Å². The van der Waals surface area contributed by atoms with Gasteiger partial charge in [0.25, 0.3) is 5.91 Å². The standard InChI is InChI=1S/C19H18BrFN2O2/c1-2-9-25-18(16-8-7-15(20)10-17(16)21)19(24)23-12-14-5-3-13(11-22)4-6-14/h3-8,10,18H,2,9,12H2,1H3,(H,23,24)/t18-/m0/s1. The minimum atomic E-state index is -1.01. The zero-order chi connectivity index (χ0) is 18.2. The largest absolute Gasteiger partial charge is 0.364 e. The summed E-state index contributed by atoms with van der Waals surface area (Å²) in [5, 5.41) is 11.6. The van der Waals surface area contributed by atoms with Crippen molar-refractivity contribution in [3.63, 3.8) is 0 Å². The molecule has 0 spiro atoms. The van der Waals surface area contributed by atoms with Crippen LogP contribution in [0.4, 0.5) is 4.39 Å². The molecular formula is C19H18BrFN2O2. The van der Waals surface area contributed by atoms with Crippen LogP contribution < -0.4 is 5.32 Å². The molecule has 0 aliphatic rings. The van der Waals surface area contributed by atoms with E-state index in [-0.39, 0.29) is 12.1 Å². The fraction of sp³-hybridized carbons (Fsp3) is 0.263. The van der Waals surface area contributed by atoms with E-state index in [1.807, 2.05) is 13.0 Å². The molecule has 0 bridgehead atoms. The molecule has 1 N–H and O–H groups in total. The molecule has 0 aliphatic carbocycles. The second kappa shape index (κ2) is 9.30. The van der Waals surface area contributed by atoms with Crippen LogP contribution in [0.3, 0.4) is 0 Å². The topological polar surface area (TPSA) is 62.1 Å². The summed E-state index contributed by atoms with van der Waals surface area (Å²) in [6.07, 6.45) is -0.288. The molecule has 0 aromatic heterocycles. The van der Waals surface area contributed by atoms with E-state index < -0.39 is 17.8 Å². The lowest BCUT2D eigenvalue weighted by molar-refractivity contribution is -0.133. The Morgan fingerprint density at radius 2 is 2.04 bits per heavy atom. The summed E-state index contributed by atoms with van der Waals surface area (Å²) < 4.78 is 20.4. The Labute approximate surface area is 154 Å². The number of benzene rings is 2. The summed E-state index contributed by atoms with van der Waals surface area (Å²) >= 11 is 3.20. The number of ether oxygens (including phenoxy) is 1. The zero-order valence-electron chi connectivity index (χ0n) is 13.8. The van der Waals surface area contributed by atoms with E-state index in [0.29, 0.717) is 16.6 Å². The van der Waals surface area contributed by atoms with Crippen molar-refractivity contribution >= 4 is 21.8 Å². The fourth-order valence-corrected chi connectivity index (χ4v) is 2.57. The number of carbonyl (C=O) groups is 1. The van der Waals surface area contributed by atoms with Gasteiger partial charge in [-0.25, -0.2) is 4.39 Å². The lowest BCUT2D eigenvalue weighted by Gasteiger charge is -2.18. The van der Waals surface area contributed by atoms with Gasteiger partial charge in [-0.15, -0.1) is 0 Å². The van der Waals surface area contributed by atoms with Crippen molar-refractivity contribution in [3.8, 4) is 6.07 Å². The van der Waals surface area contributed by atoms with Crippen LogP contribution >= 0.6 is 15.9 Å². The number of nitrogens with zero attached hydrogens (tertiary/aromatic N) is 1. The molecule has 2 rings (SSSR count). The second-order valence-electron chi connectivity index (χ2n) is 5.44. The first-order chi connectivity index (χ1) is 12.0. The van der Waals surface area contributed by atoms with E-state index in [1.54, 1.807) is 36.4 Å². The number of hydrogen-bond acceptors (Lipinski definition) is 3. The number of hydrogen-bond donors (Lipinski definition) is 1. The first kappa shape index (κ1) is 19.1. The van der Waals surface area contributed by atoms with Gasteiger partial charge in [0, 0.05) is 23.2 Å². The lowest BCUT2D eigenvalue weighted by Crippen LogP contribution is -2.31. The second-order valence-corrected chi connectivity index (χ2v) is 6.36. The third kappa shape index (κ3) is 5.38. The predicted molar refractivity (Wildman–Crippen MR) is 96.1 cm³/mol. The molecule has 130 valence electrons. The van der Waals surface area contributed by atoms with E-state index >= 15 is 0 Å². The summed E-state index contributed by atoms with van der Waals surface area (Å²) in [5.41, 5.74) is 1.60. The first-order valence-electron chi connectivity index (χ1n) is 7.88. The molecule has 0 fully saturated rings. The van der Waals surface area contributed by atoms with Gasteiger partial charge in [-0.1, -0.05) is 41.1 Å². The summed E-state index contributed by atoms with van der Waals surface area (Å²) in [4.78, 5) is 12.5. The fourth-order valence-electron chi connectivity index (χ4n) is 2.24. The van der Waals surface area contributed by atoms with Crippen LogP contribution in [0.2, 0.25) is 0 Å². The SMILES string of the molecule is CCCO[C@H](C(=O)NCc1ccc(C#N)cc1)c1ccc(Br)cc1F. The molecule has 0 unspecified atom stereocenters. The van der Waals surface area contributed by atoms with E-state index in [4.69, 9.17) is 10.00 Å². The lowest BCUT2D eigenvalue weighted by atomic mass is 10.1. The molecule has 1 atom stereocenters. The van der Waals surface area contributed by atoms with Crippen LogP contribution in [0.15, 0.2) is 46.9 Å². The Morgan fingerprint density at radius 1 is 1.32 bits per heavy atom. The normalized spacial score (nSPS) is 11.6. The highest BCUT2D eigenvalue weighted by Gasteiger charge is 2.24. The predicted octanol–water partition coefficient (Wildman–Crippen LogP) is 4.24. The van der Waals surface area contributed by atoms with E-state index in [0.717, 1.165) is 12.0 Å². The number of halogens is 2. The van der Waals surface area contributed by atoms with Gasteiger partial charge in [-0.2, -0.15) is 5.26 Å². The number of nitrogens with one attached hydrogen (secondary N) is 1. The summed E-state index contributed by atoms with van der Waals surface area (Å²) in [6.45, 7) is 2.54. The third-order valence-electron chi connectivity index (χ3n) is 3.52. The third-order valence-corrected chi connectivity index (χ3v) is 4.01. The number of nitriles is 1. The number of carbonyl (C=O) groups excluding carboxylic acids is 1. The van der Waals surface area contributed by atoms with Crippen molar-refractivity contribution in [2.24, 2.45) is 0 Å². The van der Waals surface area contributed by atoms with E-state index in [9.17, 15) is 9.18 Å². The number of amides is 1. The summed E-state index contributed by atoms with van der Waals surface area (Å²) in [6, 6.07) is 13.5. The van der Waals surface area contributed by atoms with Gasteiger partial charge in [-0.05, 0) is 36.2 Å². The first-order valence-corrected chi connectivity index (χ1v) is 8.67. The van der Waals surface area contributed by atoms with Crippen LogP contribution in [-0.2, 0) is 16.1 Å². The Hall–Kier alpha value is -2.23. The highest BCUT2D eigenvalue weighted by Crippen LogP contribution is 2.24. The molecule has 2 aromatic rings. The molecule has 2 aromatic carbocycles. The molecular weight excluding hydrogens is 387 g/mol. The van der Waals surface area contributed by atoms with Gasteiger partial charge in [0.15, 0.2) is 6.10 Å². The van der Waals surface area contributed by atoms with E-state index in [1.165, 1.54) is 6.07 Å². The molecule has 0 aliphatic heterocycles.